The maximum Gasteiger partial charge on any atom is 0.331 e. The van der Waals surface area contributed by atoms with Crippen molar-refractivity contribution < 1.29 is 9.53 Å². The Morgan fingerprint density at radius 1 is 1.15 bits per heavy atom. The summed E-state index contributed by atoms with van der Waals surface area (Å²) in [6.45, 7) is 0. The van der Waals surface area contributed by atoms with E-state index >= 15 is 0 Å². The first-order valence-corrected chi connectivity index (χ1v) is 9.32. The van der Waals surface area contributed by atoms with Gasteiger partial charge in [0.25, 0.3) is 0 Å². The van der Waals surface area contributed by atoms with Crippen LogP contribution < -0.4 is 5.73 Å². The zero-order valence-electron chi connectivity index (χ0n) is 14.4. The number of carbonyl (C=O) groups excluding carboxylic acids is 1. The van der Waals surface area contributed by atoms with Gasteiger partial charge >= 0.3 is 5.97 Å². The number of aliphatic imine (C=N–C) groups is 1. The lowest BCUT2D eigenvalue weighted by molar-refractivity contribution is -0.149. The van der Waals surface area contributed by atoms with Crippen LogP contribution in [-0.2, 0) is 21.5 Å². The Bertz CT molecular complexity index is 852. The summed E-state index contributed by atoms with van der Waals surface area (Å²) in [5, 5.41) is 0.620. The molecule has 2 aliphatic rings. The van der Waals surface area contributed by atoms with Crippen LogP contribution in [0.3, 0.4) is 0 Å². The summed E-state index contributed by atoms with van der Waals surface area (Å²) in [5.41, 5.74) is 8.68. The molecule has 2 aromatic rings. The quantitative estimate of drug-likeness (QED) is 0.841. The Hall–Kier alpha value is -2.17. The average Bonchev–Trinajstić information content (AvgIpc) is 2.64. The first kappa shape index (κ1) is 17.3. The van der Waals surface area contributed by atoms with Crippen LogP contribution in [0.4, 0.5) is 0 Å². The third-order valence-corrected chi connectivity index (χ3v) is 5.58. The van der Waals surface area contributed by atoms with Gasteiger partial charge in [-0.1, -0.05) is 60.1 Å². The highest BCUT2D eigenvalue weighted by atomic mass is 35.5. The molecule has 0 saturated heterocycles. The molecule has 4 rings (SSSR count). The molecule has 0 bridgehead atoms. The molecule has 5 heteroatoms. The monoisotopic (exact) mass is 368 g/mol. The summed E-state index contributed by atoms with van der Waals surface area (Å²) in [4.78, 5) is 17.3. The fraction of sp³-hybridized carbons (Fsp3) is 0.333. The lowest BCUT2D eigenvalue weighted by Gasteiger charge is -2.42. The van der Waals surface area contributed by atoms with E-state index in [0.29, 0.717) is 11.4 Å². The highest BCUT2D eigenvalue weighted by molar-refractivity contribution is 6.32. The molecule has 0 spiro atoms. The third-order valence-electron chi connectivity index (χ3n) is 5.25. The van der Waals surface area contributed by atoms with E-state index in [2.05, 4.69) is 0 Å². The number of carbonyl (C=O) groups is 1. The number of benzene rings is 2. The molecule has 2 N–H and O–H groups in total. The lowest BCUT2D eigenvalue weighted by Crippen LogP contribution is -2.57. The molecule has 1 aliphatic carbocycles. The van der Waals surface area contributed by atoms with Crippen LogP contribution in [0.15, 0.2) is 59.6 Å². The smallest absolute Gasteiger partial charge is 0.331 e. The van der Waals surface area contributed by atoms with E-state index in [4.69, 9.17) is 27.1 Å². The number of nitrogens with zero attached hydrogens (tertiary/aromatic N) is 1. The van der Waals surface area contributed by atoms with Crippen LogP contribution in [0.5, 0.6) is 0 Å². The summed E-state index contributed by atoms with van der Waals surface area (Å²) < 4.78 is 5.74. The number of nitrogens with two attached hydrogens (primary N) is 1. The Morgan fingerprint density at radius 2 is 1.88 bits per heavy atom. The zero-order valence-corrected chi connectivity index (χ0v) is 15.2. The van der Waals surface area contributed by atoms with E-state index in [-0.39, 0.29) is 12.1 Å². The fourth-order valence-corrected chi connectivity index (χ4v) is 4.24. The highest BCUT2D eigenvalue weighted by Gasteiger charge is 2.47. The average molecular weight is 369 g/mol. The highest BCUT2D eigenvalue weighted by Crippen LogP contribution is 2.39. The maximum atomic E-state index is 12.5. The molecule has 3 atom stereocenters. The van der Waals surface area contributed by atoms with Gasteiger partial charge in [0.05, 0.1) is 11.3 Å². The first-order valence-electron chi connectivity index (χ1n) is 8.94. The zero-order chi connectivity index (χ0) is 18.1. The number of ether oxygens (including phenoxy) is 1. The van der Waals surface area contributed by atoms with Crippen molar-refractivity contribution in [2.24, 2.45) is 10.7 Å². The van der Waals surface area contributed by atoms with Crippen LogP contribution in [0.2, 0.25) is 5.02 Å². The van der Waals surface area contributed by atoms with E-state index in [1.54, 1.807) is 0 Å². The van der Waals surface area contributed by atoms with Crippen molar-refractivity contribution in [2.75, 3.05) is 0 Å². The standard InChI is InChI=1S/C21H21ClN2O2/c22-16-10-5-4-9-15(16)21(23)12-6-11-18-19(21)24-17(20(25)26-18)13-14-7-2-1-3-8-14/h1-5,7-10,17-18H,6,11-13,23H2/t17?,18-,21-/m1/s1. The number of hydrogen-bond donors (Lipinski definition) is 1. The van der Waals surface area contributed by atoms with Crippen molar-refractivity contribution in [3.05, 3.63) is 70.7 Å². The minimum absolute atomic E-state index is 0.272. The lowest BCUT2D eigenvalue weighted by atomic mass is 9.73. The molecular weight excluding hydrogens is 348 g/mol. The second-order valence-corrected chi connectivity index (χ2v) is 7.40. The molecule has 26 heavy (non-hydrogen) atoms. The molecule has 1 fully saturated rings. The van der Waals surface area contributed by atoms with E-state index in [9.17, 15) is 4.79 Å². The molecule has 4 nitrogen and oxygen atoms in total. The van der Waals surface area contributed by atoms with Crippen LogP contribution in [-0.4, -0.2) is 23.8 Å². The molecule has 0 radical (unpaired) electrons. The number of fused-ring (bicyclic) bond motifs is 1. The Kier molecular flexibility index (Phi) is 4.55. The molecule has 1 heterocycles. The fourth-order valence-electron chi connectivity index (χ4n) is 3.93. The topological polar surface area (TPSA) is 64.7 Å². The summed E-state index contributed by atoms with van der Waals surface area (Å²) >= 11 is 6.43. The third kappa shape index (κ3) is 3.04. The van der Waals surface area contributed by atoms with Crippen LogP contribution in [0.25, 0.3) is 0 Å². The van der Waals surface area contributed by atoms with Gasteiger partial charge < -0.3 is 10.5 Å². The minimum atomic E-state index is -0.795. The number of halogens is 1. The maximum absolute atomic E-state index is 12.5. The molecule has 2 aromatic carbocycles. The molecular formula is C21H21ClN2O2. The summed E-state index contributed by atoms with van der Waals surface area (Å²) in [7, 11) is 0. The van der Waals surface area contributed by atoms with E-state index < -0.39 is 11.6 Å². The molecule has 1 unspecified atom stereocenters. The SMILES string of the molecule is N[C@@]1(c2ccccc2Cl)CCC[C@H]2OC(=O)C(Cc3ccccc3)N=C21. The van der Waals surface area contributed by atoms with Gasteiger partial charge in [-0.05, 0) is 36.5 Å². The van der Waals surface area contributed by atoms with Crippen molar-refractivity contribution >= 4 is 23.3 Å². The van der Waals surface area contributed by atoms with Crippen molar-refractivity contribution in [1.82, 2.24) is 0 Å². The van der Waals surface area contributed by atoms with Crippen molar-refractivity contribution in [3.63, 3.8) is 0 Å². The van der Waals surface area contributed by atoms with Crippen LogP contribution in [0, 0.1) is 0 Å². The summed E-state index contributed by atoms with van der Waals surface area (Å²) in [5.74, 6) is -0.272. The van der Waals surface area contributed by atoms with Gasteiger partial charge in [-0.25, -0.2) is 4.79 Å². The largest absolute Gasteiger partial charge is 0.455 e. The van der Waals surface area contributed by atoms with Crippen molar-refractivity contribution in [1.29, 1.82) is 0 Å². The van der Waals surface area contributed by atoms with Gasteiger partial charge in [0, 0.05) is 11.4 Å². The van der Waals surface area contributed by atoms with Gasteiger partial charge in [0.2, 0.25) is 0 Å². The second-order valence-electron chi connectivity index (χ2n) is 6.99. The van der Waals surface area contributed by atoms with Gasteiger partial charge in [-0.15, -0.1) is 0 Å². The van der Waals surface area contributed by atoms with E-state index in [1.807, 2.05) is 54.6 Å². The minimum Gasteiger partial charge on any atom is -0.455 e. The van der Waals surface area contributed by atoms with E-state index in [1.165, 1.54) is 0 Å². The number of esters is 1. The van der Waals surface area contributed by atoms with Gasteiger partial charge in [-0.2, -0.15) is 0 Å². The normalized spacial score (nSPS) is 28.1. The van der Waals surface area contributed by atoms with Gasteiger partial charge in [0.1, 0.15) is 6.10 Å². The first-order chi connectivity index (χ1) is 12.6. The second kappa shape index (κ2) is 6.86. The summed E-state index contributed by atoms with van der Waals surface area (Å²) in [6.07, 6.45) is 2.51. The molecule has 0 amide bonds. The van der Waals surface area contributed by atoms with Gasteiger partial charge in [0.15, 0.2) is 6.04 Å². The summed E-state index contributed by atoms with van der Waals surface area (Å²) in [6, 6.07) is 16.9. The number of hydrogen-bond acceptors (Lipinski definition) is 4. The Labute approximate surface area is 158 Å². The van der Waals surface area contributed by atoms with Crippen LogP contribution >= 0.6 is 11.6 Å². The number of rotatable bonds is 3. The van der Waals surface area contributed by atoms with Gasteiger partial charge in [-0.3, -0.25) is 4.99 Å². The Balaban J connectivity index is 1.73. The van der Waals surface area contributed by atoms with Crippen molar-refractivity contribution in [2.45, 2.75) is 43.4 Å². The Morgan fingerprint density at radius 3 is 2.65 bits per heavy atom. The predicted octanol–water partition coefficient (Wildman–Crippen LogP) is 3.66. The predicted molar refractivity (Wildman–Crippen MR) is 102 cm³/mol. The molecule has 1 aliphatic heterocycles. The molecule has 1 saturated carbocycles. The van der Waals surface area contributed by atoms with Crippen molar-refractivity contribution in [3.8, 4) is 0 Å². The van der Waals surface area contributed by atoms with E-state index in [0.717, 1.165) is 36.1 Å². The van der Waals surface area contributed by atoms with Crippen LogP contribution in [0.1, 0.15) is 30.4 Å². The molecule has 0 aromatic heterocycles. The molecule has 134 valence electrons.